The summed E-state index contributed by atoms with van der Waals surface area (Å²) in [5.41, 5.74) is 1.64. The zero-order valence-electron chi connectivity index (χ0n) is 22.4. The molecule has 3 fully saturated rings. The van der Waals surface area contributed by atoms with Crippen molar-refractivity contribution in [1.82, 2.24) is 15.1 Å². The van der Waals surface area contributed by atoms with Gasteiger partial charge in [0, 0.05) is 26.2 Å². The Balaban J connectivity index is 1.17. The van der Waals surface area contributed by atoms with Crippen LogP contribution in [0.15, 0.2) is 60.7 Å². The van der Waals surface area contributed by atoms with E-state index in [0.717, 1.165) is 63.9 Å². The Hall–Kier alpha value is -2.74. The number of rotatable bonds is 11. The number of nitrogens with zero attached hydrogens (tertiary/aromatic N) is 2. The van der Waals surface area contributed by atoms with Crippen molar-refractivity contribution < 1.29 is 19.1 Å². The molecular weight excluding hydrogens is 478 g/mol. The summed E-state index contributed by atoms with van der Waals surface area (Å²) in [6, 6.07) is 19.9. The van der Waals surface area contributed by atoms with E-state index in [-0.39, 0.29) is 24.5 Å². The summed E-state index contributed by atoms with van der Waals surface area (Å²) in [6.07, 6.45) is 6.65. The normalized spacial score (nSPS) is 23.6. The molecule has 0 saturated carbocycles. The van der Waals surface area contributed by atoms with Crippen molar-refractivity contribution in [3.8, 4) is 0 Å². The van der Waals surface area contributed by atoms with Gasteiger partial charge in [0.2, 0.25) is 11.8 Å². The predicted octanol–water partition coefficient (Wildman–Crippen LogP) is 3.57. The third-order valence-corrected chi connectivity index (χ3v) is 8.33. The van der Waals surface area contributed by atoms with E-state index in [2.05, 4.69) is 40.5 Å². The van der Waals surface area contributed by atoms with Gasteiger partial charge >= 0.3 is 0 Å². The Bertz CT molecular complexity index is 1030. The molecule has 0 aliphatic carbocycles. The van der Waals surface area contributed by atoms with E-state index in [1.54, 1.807) is 0 Å². The van der Waals surface area contributed by atoms with Gasteiger partial charge in [0.15, 0.2) is 0 Å². The van der Waals surface area contributed by atoms with Gasteiger partial charge in [-0.1, -0.05) is 60.7 Å². The molecule has 7 nitrogen and oxygen atoms in total. The molecule has 1 N–H and O–H groups in total. The van der Waals surface area contributed by atoms with Crippen molar-refractivity contribution in [2.45, 2.75) is 69.2 Å². The number of piperazine rings is 1. The highest BCUT2D eigenvalue weighted by Gasteiger charge is 2.54. The second kappa shape index (κ2) is 12.9. The minimum absolute atomic E-state index is 0.00336. The second-order valence-corrected chi connectivity index (χ2v) is 10.9. The molecule has 5 rings (SSSR count). The Morgan fingerprint density at radius 3 is 2.34 bits per heavy atom. The molecule has 0 aromatic heterocycles. The van der Waals surface area contributed by atoms with Crippen molar-refractivity contribution >= 4 is 11.8 Å². The highest BCUT2D eigenvalue weighted by atomic mass is 16.5. The number of carbonyl (C=O) groups is 2. The predicted molar refractivity (Wildman–Crippen MR) is 147 cm³/mol. The molecule has 3 heterocycles. The maximum atomic E-state index is 13.8. The van der Waals surface area contributed by atoms with Crippen LogP contribution in [0.4, 0.5) is 0 Å². The molecular formula is C31H41N3O4. The topological polar surface area (TPSA) is 71.1 Å². The van der Waals surface area contributed by atoms with Crippen LogP contribution >= 0.6 is 0 Å². The number of nitrogens with one attached hydrogen (secondary N) is 1. The van der Waals surface area contributed by atoms with E-state index in [0.29, 0.717) is 26.0 Å². The highest BCUT2D eigenvalue weighted by molar-refractivity contribution is 6.00. The lowest BCUT2D eigenvalue weighted by atomic mass is 9.81. The first-order chi connectivity index (χ1) is 18.6. The number of hydrogen-bond acceptors (Lipinski definition) is 5. The van der Waals surface area contributed by atoms with E-state index in [1.807, 2.05) is 35.2 Å². The summed E-state index contributed by atoms with van der Waals surface area (Å²) in [7, 11) is 0. The summed E-state index contributed by atoms with van der Waals surface area (Å²) < 4.78 is 11.8. The Morgan fingerprint density at radius 2 is 1.66 bits per heavy atom. The number of likely N-dealkylation sites (tertiary alicyclic amines) is 1. The molecule has 2 unspecified atom stereocenters. The van der Waals surface area contributed by atoms with Crippen LogP contribution in [-0.4, -0.2) is 78.7 Å². The third-order valence-electron chi connectivity index (χ3n) is 8.33. The van der Waals surface area contributed by atoms with Crippen LogP contribution in [-0.2, 0) is 32.1 Å². The number of carbonyl (C=O) groups excluding carboxylic acids is 2. The van der Waals surface area contributed by atoms with E-state index >= 15 is 0 Å². The van der Waals surface area contributed by atoms with Crippen molar-refractivity contribution in [1.29, 1.82) is 0 Å². The molecule has 2 amide bonds. The van der Waals surface area contributed by atoms with E-state index in [9.17, 15) is 9.59 Å². The first-order valence-corrected chi connectivity index (χ1v) is 14.3. The van der Waals surface area contributed by atoms with Gasteiger partial charge in [-0.15, -0.1) is 0 Å². The zero-order chi connectivity index (χ0) is 26.2. The molecule has 204 valence electrons. The Morgan fingerprint density at radius 1 is 0.947 bits per heavy atom. The minimum atomic E-state index is -0.792. The van der Waals surface area contributed by atoms with Crippen molar-refractivity contribution in [2.75, 3.05) is 39.4 Å². The number of benzene rings is 2. The fourth-order valence-electron chi connectivity index (χ4n) is 6.07. The van der Waals surface area contributed by atoms with Crippen molar-refractivity contribution in [3.63, 3.8) is 0 Å². The Kier molecular flexibility index (Phi) is 9.10. The number of hydrogen-bond donors (Lipinski definition) is 1. The van der Waals surface area contributed by atoms with E-state index in [4.69, 9.17) is 9.47 Å². The van der Waals surface area contributed by atoms with Crippen LogP contribution in [0.5, 0.6) is 0 Å². The molecule has 3 aliphatic heterocycles. The Labute approximate surface area is 226 Å². The molecule has 7 heteroatoms. The molecule has 3 aliphatic rings. The molecule has 3 saturated heterocycles. The smallest absolute Gasteiger partial charge is 0.248 e. The third kappa shape index (κ3) is 6.45. The number of ether oxygens (including phenoxy) is 2. The van der Waals surface area contributed by atoms with Crippen molar-refractivity contribution in [3.05, 3.63) is 71.8 Å². The first-order valence-electron chi connectivity index (χ1n) is 14.3. The average molecular weight is 520 g/mol. The summed E-state index contributed by atoms with van der Waals surface area (Å²) in [6.45, 7) is 4.47. The maximum absolute atomic E-state index is 13.8. The fraction of sp³-hybridized carbons (Fsp3) is 0.548. The second-order valence-electron chi connectivity index (χ2n) is 10.9. The summed E-state index contributed by atoms with van der Waals surface area (Å²) >= 11 is 0. The molecule has 2 atom stereocenters. The van der Waals surface area contributed by atoms with Gasteiger partial charge in [-0.05, 0) is 62.6 Å². The van der Waals surface area contributed by atoms with Crippen LogP contribution < -0.4 is 5.32 Å². The van der Waals surface area contributed by atoms with Gasteiger partial charge in [0.05, 0.1) is 19.3 Å². The van der Waals surface area contributed by atoms with E-state index in [1.165, 1.54) is 5.56 Å². The number of aryl methyl sites for hydroxylation is 1. The van der Waals surface area contributed by atoms with Gasteiger partial charge in [-0.25, -0.2) is 0 Å². The van der Waals surface area contributed by atoms with Gasteiger partial charge in [0.1, 0.15) is 11.6 Å². The molecule has 1 spiro atoms. The molecule has 2 aromatic rings. The van der Waals surface area contributed by atoms with Gasteiger partial charge < -0.3 is 24.6 Å². The summed E-state index contributed by atoms with van der Waals surface area (Å²) in [5, 5.41) is 3.04. The van der Waals surface area contributed by atoms with E-state index < -0.39 is 11.6 Å². The first kappa shape index (κ1) is 26.9. The number of amides is 2. The van der Waals surface area contributed by atoms with Crippen molar-refractivity contribution in [2.24, 2.45) is 0 Å². The lowest BCUT2D eigenvalue weighted by Gasteiger charge is -2.52. The number of unbranched alkanes of at least 4 members (excludes halogenated alkanes) is 1. The lowest BCUT2D eigenvalue weighted by molar-refractivity contribution is -0.165. The number of piperidine rings is 1. The van der Waals surface area contributed by atoms with Gasteiger partial charge in [-0.3, -0.25) is 9.59 Å². The summed E-state index contributed by atoms with van der Waals surface area (Å²) in [5.74, 6) is -0.0726. The standard InChI is InChI=1S/C31H41N3O4/c35-29-28(24-37-23-26-13-5-2-6-14-26)32-30(36)31(34(29)22-27-15-9-21-38-27)16-19-33(20-17-31)18-8-7-12-25-10-3-1-4-11-25/h1-6,10-11,13-14,27-28H,7-9,12,15-24H2,(H,32,36). The molecule has 0 radical (unpaired) electrons. The highest BCUT2D eigenvalue weighted by Crippen LogP contribution is 2.34. The molecule has 38 heavy (non-hydrogen) atoms. The minimum Gasteiger partial charge on any atom is -0.376 e. The molecule has 2 aromatic carbocycles. The SMILES string of the molecule is O=C1C(COCc2ccccc2)NC(=O)C2(CCN(CCCCc3ccccc3)CC2)N1CC1CCCO1. The molecule has 0 bridgehead atoms. The lowest BCUT2D eigenvalue weighted by Crippen LogP contribution is -2.74. The van der Waals surface area contributed by atoms with Gasteiger partial charge in [0.25, 0.3) is 0 Å². The quantitative estimate of drug-likeness (QED) is 0.460. The maximum Gasteiger partial charge on any atom is 0.248 e. The average Bonchev–Trinajstić information content (AvgIpc) is 3.47. The fourth-order valence-corrected chi connectivity index (χ4v) is 6.07. The van der Waals surface area contributed by atoms with Crippen LogP contribution in [0.1, 0.15) is 49.7 Å². The van der Waals surface area contributed by atoms with Gasteiger partial charge in [-0.2, -0.15) is 0 Å². The zero-order valence-corrected chi connectivity index (χ0v) is 22.4. The van der Waals surface area contributed by atoms with Crippen LogP contribution in [0.3, 0.4) is 0 Å². The van der Waals surface area contributed by atoms with Crippen LogP contribution in [0, 0.1) is 0 Å². The monoisotopic (exact) mass is 519 g/mol. The van der Waals surface area contributed by atoms with Crippen LogP contribution in [0.2, 0.25) is 0 Å². The largest absolute Gasteiger partial charge is 0.376 e. The summed E-state index contributed by atoms with van der Waals surface area (Å²) in [4.78, 5) is 31.7. The van der Waals surface area contributed by atoms with Crippen LogP contribution in [0.25, 0.3) is 0 Å².